The number of benzene rings is 2. The first-order valence-corrected chi connectivity index (χ1v) is 8.89. The third-order valence-electron chi connectivity index (χ3n) is 3.46. The van der Waals surface area contributed by atoms with E-state index in [-0.39, 0.29) is 17.1 Å². The molecule has 0 radical (unpaired) electrons. The predicted molar refractivity (Wildman–Crippen MR) is 102 cm³/mol. The van der Waals surface area contributed by atoms with E-state index >= 15 is 0 Å². The highest BCUT2D eigenvalue weighted by atomic mass is 32.2. The van der Waals surface area contributed by atoms with Crippen LogP contribution in [0.5, 0.6) is 5.75 Å². The van der Waals surface area contributed by atoms with Crippen LogP contribution < -0.4 is 15.4 Å². The summed E-state index contributed by atoms with van der Waals surface area (Å²) in [5.74, 6) is 0.424. The molecule has 2 amide bonds. The molecule has 0 aliphatic rings. The van der Waals surface area contributed by atoms with Crippen LogP contribution in [0, 0.1) is 0 Å². The fourth-order valence-electron chi connectivity index (χ4n) is 2.30. The van der Waals surface area contributed by atoms with Gasteiger partial charge >= 0.3 is 0 Å². The molecule has 0 saturated carbocycles. The van der Waals surface area contributed by atoms with E-state index in [1.54, 1.807) is 13.2 Å². The molecule has 2 N–H and O–H groups in total. The Morgan fingerprint density at radius 2 is 1.88 bits per heavy atom. The van der Waals surface area contributed by atoms with E-state index in [9.17, 15) is 9.59 Å². The number of hydrogen-bond donors (Lipinski definition) is 2. The molecule has 25 heavy (non-hydrogen) atoms. The van der Waals surface area contributed by atoms with Gasteiger partial charge in [0.2, 0.25) is 11.8 Å². The molecule has 0 aliphatic heterocycles. The van der Waals surface area contributed by atoms with Crippen molar-refractivity contribution < 1.29 is 14.3 Å². The minimum atomic E-state index is -0.252. The largest absolute Gasteiger partial charge is 0.495 e. The number of anilines is 2. The van der Waals surface area contributed by atoms with Gasteiger partial charge in [0.05, 0.1) is 18.0 Å². The van der Waals surface area contributed by atoms with Crippen LogP contribution >= 0.6 is 11.8 Å². The van der Waals surface area contributed by atoms with E-state index < -0.39 is 0 Å². The van der Waals surface area contributed by atoms with Gasteiger partial charge in [-0.2, -0.15) is 0 Å². The number of hydrogen-bond acceptors (Lipinski definition) is 4. The Kier molecular flexibility index (Phi) is 6.89. The van der Waals surface area contributed by atoms with Crippen LogP contribution in [0.4, 0.5) is 11.4 Å². The molecule has 5 nitrogen and oxygen atoms in total. The molecule has 0 aromatic heterocycles. The van der Waals surface area contributed by atoms with Crippen LogP contribution in [0.15, 0.2) is 53.4 Å². The zero-order chi connectivity index (χ0) is 18.2. The Bertz CT molecular complexity index is 749. The Morgan fingerprint density at radius 3 is 2.56 bits per heavy atom. The van der Waals surface area contributed by atoms with Crippen molar-refractivity contribution in [3.8, 4) is 5.75 Å². The molecule has 0 bridgehead atoms. The molecule has 2 aromatic rings. The maximum atomic E-state index is 12.6. The Balaban J connectivity index is 2.09. The van der Waals surface area contributed by atoms with Crippen LogP contribution in [-0.4, -0.2) is 24.2 Å². The summed E-state index contributed by atoms with van der Waals surface area (Å²) in [5.41, 5.74) is 1.37. The summed E-state index contributed by atoms with van der Waals surface area (Å²) in [6, 6.07) is 14.8. The molecule has 0 heterocycles. The lowest BCUT2D eigenvalue weighted by molar-refractivity contribution is -0.116. The number of thioether (sulfide) groups is 1. The van der Waals surface area contributed by atoms with Gasteiger partial charge in [-0.1, -0.05) is 25.1 Å². The Morgan fingerprint density at radius 1 is 1.12 bits per heavy atom. The molecule has 1 unspecified atom stereocenters. The summed E-state index contributed by atoms with van der Waals surface area (Å²) in [6.45, 7) is 3.44. The monoisotopic (exact) mass is 358 g/mol. The molecule has 0 aliphatic carbocycles. The predicted octanol–water partition coefficient (Wildman–Crippen LogP) is 4.16. The number of carbonyl (C=O) groups is 2. The van der Waals surface area contributed by atoms with Crippen LogP contribution in [0.2, 0.25) is 0 Å². The van der Waals surface area contributed by atoms with Crippen LogP contribution in [0.1, 0.15) is 20.3 Å². The zero-order valence-electron chi connectivity index (χ0n) is 14.5. The highest BCUT2D eigenvalue weighted by Gasteiger charge is 2.19. The third kappa shape index (κ3) is 5.53. The molecule has 0 saturated heterocycles. The molecule has 2 rings (SSSR count). The molecule has 2 aromatic carbocycles. The second-order valence-electron chi connectivity index (χ2n) is 5.41. The fourth-order valence-corrected chi connectivity index (χ4v) is 3.31. The van der Waals surface area contributed by atoms with Gasteiger partial charge in [0, 0.05) is 17.5 Å². The summed E-state index contributed by atoms with van der Waals surface area (Å²) < 4.78 is 5.27. The lowest BCUT2D eigenvalue weighted by Gasteiger charge is -2.16. The minimum Gasteiger partial charge on any atom is -0.495 e. The second-order valence-corrected chi connectivity index (χ2v) is 6.69. The standard InChI is InChI=1S/C19H22N2O3S/c1-4-18(19(23)21-16-10-5-6-11-17(16)24-3)25-15-9-7-8-14(12-15)20-13(2)22/h5-12,18H,4H2,1-3H3,(H,20,22)(H,21,23). The maximum Gasteiger partial charge on any atom is 0.237 e. The van der Waals surface area contributed by atoms with Gasteiger partial charge in [-0.3, -0.25) is 9.59 Å². The normalized spacial score (nSPS) is 11.5. The highest BCUT2D eigenvalue weighted by molar-refractivity contribution is 8.00. The topological polar surface area (TPSA) is 67.4 Å². The first-order valence-electron chi connectivity index (χ1n) is 8.01. The SMILES string of the molecule is CCC(Sc1cccc(NC(C)=O)c1)C(=O)Nc1ccccc1OC. The first kappa shape index (κ1) is 18.9. The van der Waals surface area contributed by atoms with Crippen molar-refractivity contribution in [2.75, 3.05) is 17.7 Å². The van der Waals surface area contributed by atoms with Crippen molar-refractivity contribution in [2.45, 2.75) is 30.4 Å². The quantitative estimate of drug-likeness (QED) is 0.729. The Hall–Kier alpha value is -2.47. The van der Waals surface area contributed by atoms with E-state index in [1.165, 1.54) is 18.7 Å². The molecular weight excluding hydrogens is 336 g/mol. The van der Waals surface area contributed by atoms with Crippen molar-refractivity contribution in [1.29, 1.82) is 0 Å². The van der Waals surface area contributed by atoms with E-state index in [2.05, 4.69) is 10.6 Å². The van der Waals surface area contributed by atoms with Crippen molar-refractivity contribution in [1.82, 2.24) is 0 Å². The van der Waals surface area contributed by atoms with Gasteiger partial charge in [-0.15, -0.1) is 11.8 Å². The fraction of sp³-hybridized carbons (Fsp3) is 0.263. The molecule has 1 atom stereocenters. The van der Waals surface area contributed by atoms with Gasteiger partial charge in [0.1, 0.15) is 5.75 Å². The summed E-state index contributed by atoms with van der Waals surface area (Å²) in [7, 11) is 1.57. The number of para-hydroxylation sites is 2. The van der Waals surface area contributed by atoms with Gasteiger partial charge in [0.25, 0.3) is 0 Å². The second kappa shape index (κ2) is 9.13. The van der Waals surface area contributed by atoms with Crippen molar-refractivity contribution in [3.05, 3.63) is 48.5 Å². The Labute approximate surface area is 152 Å². The van der Waals surface area contributed by atoms with Gasteiger partial charge in [-0.05, 0) is 36.8 Å². The zero-order valence-corrected chi connectivity index (χ0v) is 15.4. The van der Waals surface area contributed by atoms with Crippen molar-refractivity contribution in [2.24, 2.45) is 0 Å². The lowest BCUT2D eigenvalue weighted by Crippen LogP contribution is -2.24. The van der Waals surface area contributed by atoms with Gasteiger partial charge in [-0.25, -0.2) is 0 Å². The molecule has 0 fully saturated rings. The van der Waals surface area contributed by atoms with Gasteiger partial charge < -0.3 is 15.4 Å². The number of carbonyl (C=O) groups excluding carboxylic acids is 2. The summed E-state index contributed by atoms with van der Waals surface area (Å²) >= 11 is 1.47. The average molecular weight is 358 g/mol. The summed E-state index contributed by atoms with van der Waals surface area (Å²) in [4.78, 5) is 24.7. The number of nitrogens with one attached hydrogen (secondary N) is 2. The van der Waals surface area contributed by atoms with Crippen LogP contribution in [0.3, 0.4) is 0 Å². The molecule has 6 heteroatoms. The molecule has 132 valence electrons. The smallest absolute Gasteiger partial charge is 0.237 e. The highest BCUT2D eigenvalue weighted by Crippen LogP contribution is 2.30. The lowest BCUT2D eigenvalue weighted by atomic mass is 10.2. The number of methoxy groups -OCH3 is 1. The van der Waals surface area contributed by atoms with Gasteiger partial charge in [0.15, 0.2) is 0 Å². The molecule has 0 spiro atoms. The molecular formula is C19H22N2O3S. The summed E-state index contributed by atoms with van der Waals surface area (Å²) in [6.07, 6.45) is 0.677. The summed E-state index contributed by atoms with van der Waals surface area (Å²) in [5, 5.41) is 5.42. The van der Waals surface area contributed by atoms with Crippen molar-refractivity contribution in [3.63, 3.8) is 0 Å². The number of rotatable bonds is 7. The maximum absolute atomic E-state index is 12.6. The van der Waals surface area contributed by atoms with Crippen LogP contribution in [-0.2, 0) is 9.59 Å². The average Bonchev–Trinajstić information content (AvgIpc) is 2.59. The number of amides is 2. The van der Waals surface area contributed by atoms with Crippen LogP contribution in [0.25, 0.3) is 0 Å². The van der Waals surface area contributed by atoms with E-state index in [0.29, 0.717) is 17.9 Å². The number of ether oxygens (including phenoxy) is 1. The first-order chi connectivity index (χ1) is 12.0. The third-order valence-corrected chi connectivity index (χ3v) is 4.82. The van der Waals surface area contributed by atoms with E-state index in [0.717, 1.165) is 10.6 Å². The van der Waals surface area contributed by atoms with E-state index in [4.69, 9.17) is 4.74 Å². The van der Waals surface area contributed by atoms with E-state index in [1.807, 2.05) is 49.4 Å². The van der Waals surface area contributed by atoms with Crippen molar-refractivity contribution >= 4 is 35.0 Å². The minimum absolute atomic E-state index is 0.0815.